The summed E-state index contributed by atoms with van der Waals surface area (Å²) in [6, 6.07) is 0. The third-order valence-corrected chi connectivity index (χ3v) is 2.79. The van der Waals surface area contributed by atoms with E-state index in [0.717, 1.165) is 0 Å². The van der Waals surface area contributed by atoms with Crippen LogP contribution in [-0.2, 0) is 11.2 Å². The number of carbonyl (C=O) groups is 1. The quantitative estimate of drug-likeness (QED) is 0.528. The van der Waals surface area contributed by atoms with E-state index >= 15 is 0 Å². The number of aliphatic imine (C=N–C) groups is 1. The Morgan fingerprint density at radius 2 is 2.00 bits per heavy atom. The Bertz CT molecular complexity index is 530. The van der Waals surface area contributed by atoms with Gasteiger partial charge in [0.05, 0.1) is 6.54 Å². The van der Waals surface area contributed by atoms with E-state index < -0.39 is 0 Å². The van der Waals surface area contributed by atoms with Crippen molar-refractivity contribution in [1.82, 2.24) is 26.1 Å². The van der Waals surface area contributed by atoms with Crippen LogP contribution in [0.5, 0.6) is 0 Å². The zero-order valence-corrected chi connectivity index (χ0v) is 14.9. The zero-order chi connectivity index (χ0) is 17.5. The van der Waals surface area contributed by atoms with E-state index in [9.17, 15) is 4.79 Å². The summed E-state index contributed by atoms with van der Waals surface area (Å²) >= 11 is 0. The molecule has 0 atom stereocenters. The van der Waals surface area contributed by atoms with Crippen LogP contribution in [-0.4, -0.2) is 47.7 Å². The number of rotatable bonds is 6. The molecule has 0 bridgehead atoms. The number of aromatic nitrogens is 2. The highest BCUT2D eigenvalue weighted by Crippen LogP contribution is 2.09. The van der Waals surface area contributed by atoms with Crippen molar-refractivity contribution in [3.63, 3.8) is 0 Å². The van der Waals surface area contributed by atoms with Crippen molar-refractivity contribution in [3.8, 4) is 0 Å². The normalized spacial score (nSPS) is 12.4. The van der Waals surface area contributed by atoms with Crippen LogP contribution in [0.1, 0.15) is 52.3 Å². The van der Waals surface area contributed by atoms with Gasteiger partial charge in [-0.3, -0.25) is 9.79 Å². The highest BCUT2D eigenvalue weighted by molar-refractivity contribution is 5.86. The van der Waals surface area contributed by atoms with Crippen molar-refractivity contribution in [2.24, 2.45) is 4.99 Å². The Morgan fingerprint density at radius 3 is 2.52 bits per heavy atom. The van der Waals surface area contributed by atoms with E-state index in [4.69, 9.17) is 4.52 Å². The van der Waals surface area contributed by atoms with Gasteiger partial charge in [0.2, 0.25) is 11.8 Å². The van der Waals surface area contributed by atoms with Gasteiger partial charge in [0, 0.05) is 31.5 Å². The van der Waals surface area contributed by atoms with Crippen LogP contribution in [0.2, 0.25) is 0 Å². The minimum atomic E-state index is -0.248. The summed E-state index contributed by atoms with van der Waals surface area (Å²) in [4.78, 5) is 20.1. The number of hydrogen-bond donors (Lipinski definition) is 3. The molecule has 0 aromatic carbocycles. The smallest absolute Gasteiger partial charge is 0.239 e. The second-order valence-corrected chi connectivity index (χ2v) is 6.60. The number of nitrogens with one attached hydrogen (secondary N) is 3. The lowest BCUT2D eigenvalue weighted by atomic mass is 10.1. The Labute approximate surface area is 137 Å². The number of nitrogens with zero attached hydrogens (tertiary/aromatic N) is 3. The first kappa shape index (κ1) is 18.9. The molecule has 1 aromatic rings. The van der Waals surface area contributed by atoms with Gasteiger partial charge in [-0.1, -0.05) is 19.0 Å². The van der Waals surface area contributed by atoms with Crippen LogP contribution in [0.15, 0.2) is 9.52 Å². The van der Waals surface area contributed by atoms with E-state index in [1.165, 1.54) is 0 Å². The summed E-state index contributed by atoms with van der Waals surface area (Å²) in [6.07, 6.45) is 0.592. The molecule has 0 aliphatic rings. The number of hydrogen-bond acceptors (Lipinski definition) is 5. The zero-order valence-electron chi connectivity index (χ0n) is 14.9. The Balaban J connectivity index is 2.32. The lowest BCUT2D eigenvalue weighted by Crippen LogP contribution is -2.48. The molecule has 0 unspecified atom stereocenters. The molecule has 23 heavy (non-hydrogen) atoms. The molecule has 1 amide bonds. The van der Waals surface area contributed by atoms with Gasteiger partial charge in [-0.2, -0.15) is 4.98 Å². The molecule has 8 nitrogen and oxygen atoms in total. The molecule has 3 N–H and O–H groups in total. The summed E-state index contributed by atoms with van der Waals surface area (Å²) in [7, 11) is 1.65. The number of carbonyl (C=O) groups excluding carboxylic acids is 1. The summed E-state index contributed by atoms with van der Waals surface area (Å²) in [5.41, 5.74) is -0.248. The van der Waals surface area contributed by atoms with Crippen LogP contribution < -0.4 is 16.0 Å². The SMILES string of the molecule is CN=C(NCCc1nc(C(C)C)no1)NCC(=O)NC(C)(C)C. The highest BCUT2D eigenvalue weighted by atomic mass is 16.5. The maximum Gasteiger partial charge on any atom is 0.239 e. The van der Waals surface area contributed by atoms with E-state index in [2.05, 4.69) is 31.1 Å². The fraction of sp³-hybridized carbons (Fsp3) is 0.733. The maximum absolute atomic E-state index is 11.8. The molecule has 8 heteroatoms. The Hall–Kier alpha value is -2.12. The van der Waals surface area contributed by atoms with Crippen molar-refractivity contribution in [2.45, 2.75) is 52.5 Å². The van der Waals surface area contributed by atoms with Crippen LogP contribution in [0.3, 0.4) is 0 Å². The predicted octanol–water partition coefficient (Wildman–Crippen LogP) is 0.815. The summed E-state index contributed by atoms with van der Waals surface area (Å²) < 4.78 is 5.17. The molecule has 1 aromatic heterocycles. The first-order chi connectivity index (χ1) is 10.7. The molecule has 0 saturated carbocycles. The van der Waals surface area contributed by atoms with Gasteiger partial charge in [0.15, 0.2) is 11.8 Å². The van der Waals surface area contributed by atoms with Gasteiger partial charge in [-0.05, 0) is 20.8 Å². The second-order valence-electron chi connectivity index (χ2n) is 6.60. The molecule has 0 aliphatic heterocycles. The minimum Gasteiger partial charge on any atom is -0.356 e. The molecule has 0 aliphatic carbocycles. The van der Waals surface area contributed by atoms with Crippen LogP contribution in [0, 0.1) is 0 Å². The van der Waals surface area contributed by atoms with Crippen molar-refractivity contribution in [1.29, 1.82) is 0 Å². The second kappa shape index (κ2) is 8.50. The first-order valence-electron chi connectivity index (χ1n) is 7.79. The fourth-order valence-corrected chi connectivity index (χ4v) is 1.74. The van der Waals surface area contributed by atoms with E-state index in [1.54, 1.807) is 7.05 Å². The highest BCUT2D eigenvalue weighted by Gasteiger charge is 2.14. The van der Waals surface area contributed by atoms with Crippen LogP contribution >= 0.6 is 0 Å². The van der Waals surface area contributed by atoms with E-state index in [-0.39, 0.29) is 23.9 Å². The topological polar surface area (TPSA) is 104 Å². The van der Waals surface area contributed by atoms with Gasteiger partial charge >= 0.3 is 0 Å². The molecule has 0 fully saturated rings. The van der Waals surface area contributed by atoms with Gasteiger partial charge in [-0.25, -0.2) is 0 Å². The molecule has 0 saturated heterocycles. The third kappa shape index (κ3) is 7.62. The van der Waals surface area contributed by atoms with Gasteiger partial charge in [0.1, 0.15) is 0 Å². The molecule has 0 radical (unpaired) electrons. The van der Waals surface area contributed by atoms with Crippen LogP contribution in [0.4, 0.5) is 0 Å². The maximum atomic E-state index is 11.8. The molecular formula is C15H28N6O2. The van der Waals surface area contributed by atoms with Crippen molar-refractivity contribution in [3.05, 3.63) is 11.7 Å². The van der Waals surface area contributed by atoms with Crippen molar-refractivity contribution >= 4 is 11.9 Å². The van der Waals surface area contributed by atoms with E-state index in [0.29, 0.717) is 30.6 Å². The number of guanidine groups is 1. The first-order valence-corrected chi connectivity index (χ1v) is 7.79. The lowest BCUT2D eigenvalue weighted by Gasteiger charge is -2.21. The Kier molecular flexibility index (Phi) is 6.99. The summed E-state index contributed by atoms with van der Waals surface area (Å²) in [5.74, 6) is 2.01. The largest absolute Gasteiger partial charge is 0.356 e. The molecule has 0 spiro atoms. The molecule has 1 rings (SSSR count). The van der Waals surface area contributed by atoms with Crippen molar-refractivity contribution in [2.75, 3.05) is 20.1 Å². The van der Waals surface area contributed by atoms with Gasteiger partial charge < -0.3 is 20.5 Å². The van der Waals surface area contributed by atoms with Gasteiger partial charge in [0.25, 0.3) is 0 Å². The average molecular weight is 324 g/mol. The summed E-state index contributed by atoms with van der Waals surface area (Å²) in [5, 5.41) is 12.9. The minimum absolute atomic E-state index is 0.0843. The third-order valence-electron chi connectivity index (χ3n) is 2.79. The van der Waals surface area contributed by atoms with Crippen LogP contribution in [0.25, 0.3) is 0 Å². The molecular weight excluding hydrogens is 296 g/mol. The fourth-order valence-electron chi connectivity index (χ4n) is 1.74. The van der Waals surface area contributed by atoms with Crippen molar-refractivity contribution < 1.29 is 9.32 Å². The monoisotopic (exact) mass is 324 g/mol. The summed E-state index contributed by atoms with van der Waals surface area (Å²) in [6.45, 7) is 10.6. The Morgan fingerprint density at radius 1 is 1.30 bits per heavy atom. The molecule has 1 heterocycles. The lowest BCUT2D eigenvalue weighted by molar-refractivity contribution is -0.121. The van der Waals surface area contributed by atoms with E-state index in [1.807, 2.05) is 34.6 Å². The average Bonchev–Trinajstić information content (AvgIpc) is 2.89. The molecule has 130 valence electrons. The number of amides is 1. The predicted molar refractivity (Wildman–Crippen MR) is 89.4 cm³/mol. The standard InChI is InChI=1S/C15H28N6O2/c1-10(2)13-19-12(23-21-13)7-8-17-14(16-6)18-9-11(22)20-15(3,4)5/h10H,7-9H2,1-6H3,(H,20,22)(H2,16,17,18). The van der Waals surface area contributed by atoms with Gasteiger partial charge in [-0.15, -0.1) is 0 Å².